The largest absolute Gasteiger partial charge is 0.481 e. The molecule has 0 aromatic rings. The lowest BCUT2D eigenvalue weighted by Crippen LogP contribution is -2.40. The molecule has 4 N–H and O–H groups in total. The molecule has 0 spiro atoms. The first-order chi connectivity index (χ1) is 8.40. The number of ether oxygens (including phenoxy) is 1. The van der Waals surface area contributed by atoms with Crippen LogP contribution in [0.5, 0.6) is 0 Å². The SMILES string of the molecule is NC(CCC(=O)O)C(=O)OC(=O)[C@@H]1CCC(=O)N1. The molecule has 100 valence electrons. The lowest BCUT2D eigenvalue weighted by Gasteiger charge is -2.12. The van der Waals surface area contributed by atoms with Crippen LogP contribution >= 0.6 is 0 Å². The normalized spacial score (nSPS) is 20.1. The first-order valence-corrected chi connectivity index (χ1v) is 5.42. The van der Waals surface area contributed by atoms with E-state index in [0.717, 1.165) is 0 Å². The molecule has 0 aliphatic carbocycles. The summed E-state index contributed by atoms with van der Waals surface area (Å²) in [6.45, 7) is 0. The summed E-state index contributed by atoms with van der Waals surface area (Å²) in [6, 6.07) is -1.99. The lowest BCUT2D eigenvalue weighted by molar-refractivity contribution is -0.162. The van der Waals surface area contributed by atoms with E-state index in [2.05, 4.69) is 10.1 Å². The predicted molar refractivity (Wildman–Crippen MR) is 57.1 cm³/mol. The van der Waals surface area contributed by atoms with Crippen molar-refractivity contribution in [2.75, 3.05) is 0 Å². The molecule has 1 heterocycles. The number of esters is 2. The minimum atomic E-state index is -1.16. The molecule has 0 aromatic heterocycles. The van der Waals surface area contributed by atoms with Crippen LogP contribution in [0.3, 0.4) is 0 Å². The molecule has 1 rings (SSSR count). The van der Waals surface area contributed by atoms with Gasteiger partial charge in [-0.2, -0.15) is 0 Å². The van der Waals surface area contributed by atoms with Crippen molar-refractivity contribution >= 4 is 23.8 Å². The molecule has 1 aliphatic rings. The van der Waals surface area contributed by atoms with Crippen LogP contribution in [0.2, 0.25) is 0 Å². The van der Waals surface area contributed by atoms with Crippen LogP contribution in [0, 0.1) is 0 Å². The summed E-state index contributed by atoms with van der Waals surface area (Å²) in [4.78, 5) is 43.9. The van der Waals surface area contributed by atoms with Crippen LogP contribution in [0.25, 0.3) is 0 Å². The van der Waals surface area contributed by atoms with E-state index in [1.54, 1.807) is 0 Å². The maximum atomic E-state index is 11.4. The van der Waals surface area contributed by atoms with E-state index in [0.29, 0.717) is 0 Å². The minimum absolute atomic E-state index is 0.113. The van der Waals surface area contributed by atoms with E-state index in [-0.39, 0.29) is 31.6 Å². The zero-order valence-corrected chi connectivity index (χ0v) is 9.55. The Kier molecular flexibility index (Phi) is 4.78. The van der Waals surface area contributed by atoms with Crippen molar-refractivity contribution in [3.05, 3.63) is 0 Å². The van der Waals surface area contributed by atoms with Crippen molar-refractivity contribution in [3.63, 3.8) is 0 Å². The van der Waals surface area contributed by atoms with E-state index in [1.807, 2.05) is 0 Å². The molecule has 0 radical (unpaired) electrons. The Morgan fingerprint density at radius 1 is 1.50 bits per heavy atom. The van der Waals surface area contributed by atoms with Crippen LogP contribution < -0.4 is 11.1 Å². The first kappa shape index (κ1) is 14.1. The number of rotatable bonds is 5. The predicted octanol–water partition coefficient (Wildman–Crippen LogP) is -1.47. The standard InChI is InChI=1S/C10H14N2O6/c11-5(1-4-8(14)15)9(16)18-10(17)6-2-3-7(13)12-6/h5-6H,1-4,11H2,(H,12,13)(H,14,15)/t5?,6-/m0/s1. The Bertz CT molecular complexity index is 381. The Hall–Kier alpha value is -1.96. The summed E-state index contributed by atoms with van der Waals surface area (Å²) in [6.07, 6.45) is 0.0808. The Balaban J connectivity index is 2.37. The third-order valence-corrected chi connectivity index (χ3v) is 2.45. The number of hydrogen-bond donors (Lipinski definition) is 3. The number of amides is 1. The van der Waals surface area contributed by atoms with Crippen LogP contribution in [0.15, 0.2) is 0 Å². The van der Waals surface area contributed by atoms with Gasteiger partial charge in [0, 0.05) is 12.8 Å². The molecule has 2 atom stereocenters. The summed E-state index contributed by atoms with van der Waals surface area (Å²) >= 11 is 0. The number of carboxylic acids is 1. The summed E-state index contributed by atoms with van der Waals surface area (Å²) in [7, 11) is 0. The number of aliphatic carboxylic acids is 1. The van der Waals surface area contributed by atoms with Crippen LogP contribution in [-0.4, -0.2) is 41.0 Å². The van der Waals surface area contributed by atoms with Crippen molar-refractivity contribution < 1.29 is 29.0 Å². The van der Waals surface area contributed by atoms with E-state index in [9.17, 15) is 19.2 Å². The van der Waals surface area contributed by atoms with Gasteiger partial charge in [0.25, 0.3) is 0 Å². The molecule has 0 bridgehead atoms. The molecule has 18 heavy (non-hydrogen) atoms. The first-order valence-electron chi connectivity index (χ1n) is 5.42. The molecule has 1 aliphatic heterocycles. The highest BCUT2D eigenvalue weighted by atomic mass is 16.6. The van der Waals surface area contributed by atoms with E-state index in [1.165, 1.54) is 0 Å². The second-order valence-corrected chi connectivity index (χ2v) is 3.94. The van der Waals surface area contributed by atoms with E-state index < -0.39 is 30.0 Å². The number of nitrogens with two attached hydrogens (primary N) is 1. The van der Waals surface area contributed by atoms with Crippen molar-refractivity contribution in [2.45, 2.75) is 37.8 Å². The zero-order valence-electron chi connectivity index (χ0n) is 9.55. The van der Waals surface area contributed by atoms with Crippen molar-refractivity contribution in [1.29, 1.82) is 0 Å². The minimum Gasteiger partial charge on any atom is -0.481 e. The summed E-state index contributed by atoms with van der Waals surface area (Å²) in [5.74, 6) is -3.22. The van der Waals surface area contributed by atoms with Crippen LogP contribution in [0.1, 0.15) is 25.7 Å². The molecule has 1 fully saturated rings. The van der Waals surface area contributed by atoms with Crippen molar-refractivity contribution in [3.8, 4) is 0 Å². The van der Waals surface area contributed by atoms with E-state index >= 15 is 0 Å². The topological polar surface area (TPSA) is 136 Å². The van der Waals surface area contributed by atoms with Gasteiger partial charge in [0.2, 0.25) is 5.91 Å². The van der Waals surface area contributed by atoms with Crippen LogP contribution in [-0.2, 0) is 23.9 Å². The highest BCUT2D eigenvalue weighted by Gasteiger charge is 2.31. The molecule has 8 nitrogen and oxygen atoms in total. The number of hydrogen-bond acceptors (Lipinski definition) is 6. The van der Waals surface area contributed by atoms with Crippen LogP contribution in [0.4, 0.5) is 0 Å². The molecule has 1 saturated heterocycles. The Morgan fingerprint density at radius 3 is 2.67 bits per heavy atom. The van der Waals surface area contributed by atoms with Gasteiger partial charge >= 0.3 is 17.9 Å². The Labute approximate surface area is 102 Å². The number of carbonyl (C=O) groups is 4. The molecule has 1 amide bonds. The zero-order chi connectivity index (χ0) is 13.7. The van der Waals surface area contributed by atoms with Gasteiger partial charge in [-0.05, 0) is 12.8 Å². The number of carbonyl (C=O) groups excluding carboxylic acids is 3. The van der Waals surface area contributed by atoms with Gasteiger partial charge in [0.05, 0.1) is 0 Å². The summed E-state index contributed by atoms with van der Waals surface area (Å²) in [5.41, 5.74) is 5.36. The number of nitrogens with one attached hydrogen (secondary N) is 1. The fourth-order valence-corrected chi connectivity index (χ4v) is 1.43. The van der Waals surface area contributed by atoms with Gasteiger partial charge in [0.1, 0.15) is 12.1 Å². The second-order valence-electron chi connectivity index (χ2n) is 3.94. The van der Waals surface area contributed by atoms with Gasteiger partial charge in [-0.25, -0.2) is 9.59 Å². The average Bonchev–Trinajstić information content (AvgIpc) is 2.72. The van der Waals surface area contributed by atoms with Crippen molar-refractivity contribution in [1.82, 2.24) is 5.32 Å². The molecular formula is C10H14N2O6. The fraction of sp³-hybridized carbons (Fsp3) is 0.600. The van der Waals surface area contributed by atoms with Gasteiger partial charge < -0.3 is 20.9 Å². The van der Waals surface area contributed by atoms with Gasteiger partial charge in [0.15, 0.2) is 0 Å². The highest BCUT2D eigenvalue weighted by Crippen LogP contribution is 2.09. The third-order valence-electron chi connectivity index (χ3n) is 2.45. The maximum Gasteiger partial charge on any atom is 0.336 e. The lowest BCUT2D eigenvalue weighted by atomic mass is 10.2. The quantitative estimate of drug-likeness (QED) is 0.404. The summed E-state index contributed by atoms with van der Waals surface area (Å²) in [5, 5.41) is 10.8. The van der Waals surface area contributed by atoms with Gasteiger partial charge in [-0.15, -0.1) is 0 Å². The monoisotopic (exact) mass is 258 g/mol. The molecular weight excluding hydrogens is 244 g/mol. The summed E-state index contributed by atoms with van der Waals surface area (Å²) < 4.78 is 4.47. The fourth-order valence-electron chi connectivity index (χ4n) is 1.43. The maximum absolute atomic E-state index is 11.4. The van der Waals surface area contributed by atoms with E-state index in [4.69, 9.17) is 10.8 Å². The Morgan fingerprint density at radius 2 is 2.17 bits per heavy atom. The van der Waals surface area contributed by atoms with Gasteiger partial charge in [-0.1, -0.05) is 0 Å². The molecule has 1 unspecified atom stereocenters. The molecule has 0 aromatic carbocycles. The van der Waals surface area contributed by atoms with Crippen molar-refractivity contribution in [2.24, 2.45) is 5.73 Å². The smallest absolute Gasteiger partial charge is 0.336 e. The average molecular weight is 258 g/mol. The highest BCUT2D eigenvalue weighted by molar-refractivity contribution is 5.94. The number of carboxylic acid groups (broad SMARTS) is 1. The molecule has 8 heteroatoms. The third kappa shape index (κ3) is 4.13. The molecule has 0 saturated carbocycles. The second kappa shape index (κ2) is 6.10. The van der Waals surface area contributed by atoms with Gasteiger partial charge in [-0.3, -0.25) is 9.59 Å².